The summed E-state index contributed by atoms with van der Waals surface area (Å²) in [6, 6.07) is 18.9. The molecule has 2 fully saturated rings. The number of nitrogens with zero attached hydrogens (tertiary/aromatic N) is 2. The second kappa shape index (κ2) is 11.0. The minimum absolute atomic E-state index is 0.130. The summed E-state index contributed by atoms with van der Waals surface area (Å²) in [6.07, 6.45) is 2.00. The number of benzene rings is 3. The smallest absolute Gasteiger partial charge is 0.339 e. The fourth-order valence-electron chi connectivity index (χ4n) is 7.21. The fraction of sp³-hybridized carbons (Fsp3) is 0.250. The third-order valence-corrected chi connectivity index (χ3v) is 10.1. The maximum atomic E-state index is 13.6. The van der Waals surface area contributed by atoms with E-state index in [9.17, 15) is 19.2 Å². The van der Waals surface area contributed by atoms with E-state index in [1.807, 2.05) is 13.0 Å². The predicted molar refractivity (Wildman–Crippen MR) is 175 cm³/mol. The summed E-state index contributed by atoms with van der Waals surface area (Å²) in [7, 11) is 0. The number of rotatable bonds is 6. The van der Waals surface area contributed by atoms with E-state index in [0.29, 0.717) is 38.4 Å². The molecule has 3 aliphatic rings. The summed E-state index contributed by atoms with van der Waals surface area (Å²) in [6.45, 7) is 5.49. The standard InChI is InChI=1S/C36H28BrClN2O5/c1-17-12-22-14-26(17)31-30(22)34(42)40(35(31)43)25-10-6-20(7-11-25)29-16-28(27-15-23(37)13-18(2)32(27)39-29)36(44)45-19(3)33(41)21-4-8-24(38)9-5-21/h4-13,15-16,19,22,26,30-31H,14H2,1-3H3. The molecule has 3 aromatic carbocycles. The Morgan fingerprint density at radius 3 is 2.38 bits per heavy atom. The molecule has 2 amide bonds. The first-order valence-corrected chi connectivity index (χ1v) is 16.0. The normalized spacial score (nSPS) is 22.5. The van der Waals surface area contributed by atoms with E-state index in [2.05, 4.69) is 28.9 Å². The first-order chi connectivity index (χ1) is 21.5. The summed E-state index contributed by atoms with van der Waals surface area (Å²) in [5.74, 6) is -1.55. The second-order valence-corrected chi connectivity index (χ2v) is 13.5. The van der Waals surface area contributed by atoms with Crippen LogP contribution in [-0.4, -0.2) is 34.7 Å². The van der Waals surface area contributed by atoms with Gasteiger partial charge in [-0.2, -0.15) is 0 Å². The quantitative estimate of drug-likeness (QED) is 0.0893. The van der Waals surface area contributed by atoms with Gasteiger partial charge in [0, 0.05) is 26.0 Å². The highest BCUT2D eigenvalue weighted by Crippen LogP contribution is 2.56. The topological polar surface area (TPSA) is 93.6 Å². The molecule has 2 bridgehead atoms. The van der Waals surface area contributed by atoms with Crippen molar-refractivity contribution in [1.82, 2.24) is 4.98 Å². The zero-order chi connectivity index (χ0) is 31.7. The highest BCUT2D eigenvalue weighted by Gasteiger charge is 2.60. The van der Waals surface area contributed by atoms with Crippen LogP contribution in [0.5, 0.6) is 0 Å². The Hall–Kier alpha value is -4.14. The van der Waals surface area contributed by atoms with Gasteiger partial charge in [0.25, 0.3) is 0 Å². The number of hydrogen-bond acceptors (Lipinski definition) is 6. The Morgan fingerprint density at radius 1 is 0.978 bits per heavy atom. The highest BCUT2D eigenvalue weighted by molar-refractivity contribution is 9.10. The van der Waals surface area contributed by atoms with Crippen LogP contribution in [0.3, 0.4) is 0 Å². The van der Waals surface area contributed by atoms with Gasteiger partial charge in [-0.15, -0.1) is 0 Å². The van der Waals surface area contributed by atoms with Crippen molar-refractivity contribution >= 4 is 67.7 Å². The third-order valence-electron chi connectivity index (χ3n) is 9.37. The monoisotopic (exact) mass is 682 g/mol. The van der Waals surface area contributed by atoms with Gasteiger partial charge in [-0.25, -0.2) is 9.78 Å². The molecule has 7 nitrogen and oxygen atoms in total. The molecule has 0 spiro atoms. The van der Waals surface area contributed by atoms with Crippen LogP contribution in [0.1, 0.15) is 46.5 Å². The van der Waals surface area contributed by atoms with E-state index in [1.54, 1.807) is 60.7 Å². The summed E-state index contributed by atoms with van der Waals surface area (Å²) < 4.78 is 6.46. The lowest BCUT2D eigenvalue weighted by atomic mass is 9.82. The van der Waals surface area contributed by atoms with E-state index < -0.39 is 12.1 Å². The van der Waals surface area contributed by atoms with Crippen LogP contribution in [0.2, 0.25) is 5.02 Å². The van der Waals surface area contributed by atoms with Crippen LogP contribution in [0.25, 0.3) is 22.2 Å². The molecule has 2 aliphatic carbocycles. The molecule has 0 radical (unpaired) electrons. The van der Waals surface area contributed by atoms with Gasteiger partial charge in [0.1, 0.15) is 0 Å². The van der Waals surface area contributed by atoms with E-state index in [0.717, 1.165) is 16.5 Å². The van der Waals surface area contributed by atoms with Gasteiger partial charge < -0.3 is 4.74 Å². The van der Waals surface area contributed by atoms with Crippen LogP contribution in [0.15, 0.2) is 82.9 Å². The number of fused-ring (bicyclic) bond motifs is 6. The number of aryl methyl sites for hydroxylation is 1. The molecule has 4 aromatic rings. The lowest BCUT2D eigenvalue weighted by molar-refractivity contribution is -0.123. The molecule has 2 heterocycles. The Labute approximate surface area is 273 Å². The summed E-state index contributed by atoms with van der Waals surface area (Å²) in [4.78, 5) is 59.7. The first-order valence-electron chi connectivity index (χ1n) is 14.8. The predicted octanol–water partition coefficient (Wildman–Crippen LogP) is 7.76. The van der Waals surface area contributed by atoms with Crippen molar-refractivity contribution in [2.24, 2.45) is 23.7 Å². The van der Waals surface area contributed by atoms with Crippen molar-refractivity contribution in [1.29, 1.82) is 0 Å². The van der Waals surface area contributed by atoms with Gasteiger partial charge >= 0.3 is 5.97 Å². The molecule has 45 heavy (non-hydrogen) atoms. The molecular weight excluding hydrogens is 656 g/mol. The average molecular weight is 684 g/mol. The largest absolute Gasteiger partial charge is 0.451 e. The maximum Gasteiger partial charge on any atom is 0.339 e. The third kappa shape index (κ3) is 4.91. The zero-order valence-electron chi connectivity index (χ0n) is 24.7. The summed E-state index contributed by atoms with van der Waals surface area (Å²) in [5, 5.41) is 1.08. The Morgan fingerprint density at radius 2 is 1.67 bits per heavy atom. The minimum Gasteiger partial charge on any atom is -0.451 e. The minimum atomic E-state index is -1.04. The second-order valence-electron chi connectivity index (χ2n) is 12.1. The van der Waals surface area contributed by atoms with E-state index in [4.69, 9.17) is 21.3 Å². The molecule has 1 aliphatic heterocycles. The number of carbonyl (C=O) groups is 4. The van der Waals surface area contributed by atoms with E-state index in [-0.39, 0.29) is 46.8 Å². The molecule has 1 saturated carbocycles. The van der Waals surface area contributed by atoms with Crippen molar-refractivity contribution in [3.63, 3.8) is 0 Å². The molecule has 1 aromatic heterocycles. The van der Waals surface area contributed by atoms with Crippen molar-refractivity contribution in [2.45, 2.75) is 33.3 Å². The number of allylic oxidation sites excluding steroid dienone is 2. The van der Waals surface area contributed by atoms with Crippen molar-refractivity contribution in [3.8, 4) is 11.3 Å². The number of ether oxygens (including phenoxy) is 1. The SMILES string of the molecule is CC1=CC2CC1C1C(=O)N(c3ccc(-c4cc(C(=O)OC(C)C(=O)c5ccc(Cl)cc5)c5cc(Br)cc(C)c5n4)cc3)C(=O)C21. The number of amides is 2. The number of aromatic nitrogens is 1. The van der Waals surface area contributed by atoms with E-state index >= 15 is 0 Å². The Bertz CT molecular complexity index is 1970. The number of carbonyl (C=O) groups excluding carboxylic acids is 4. The highest BCUT2D eigenvalue weighted by atomic mass is 79.9. The molecule has 0 N–H and O–H groups in total. The number of ketones is 1. The molecule has 5 unspecified atom stereocenters. The van der Waals surface area contributed by atoms with Crippen LogP contribution in [0.4, 0.5) is 5.69 Å². The van der Waals surface area contributed by atoms with E-state index in [1.165, 1.54) is 17.4 Å². The van der Waals surface area contributed by atoms with Crippen LogP contribution in [-0.2, 0) is 14.3 Å². The van der Waals surface area contributed by atoms with Crippen LogP contribution >= 0.6 is 27.5 Å². The lowest BCUT2D eigenvalue weighted by Gasteiger charge is -2.19. The van der Waals surface area contributed by atoms with Gasteiger partial charge in [0.2, 0.25) is 17.6 Å². The van der Waals surface area contributed by atoms with Gasteiger partial charge in [0.15, 0.2) is 6.10 Å². The average Bonchev–Trinajstić information content (AvgIpc) is 3.66. The molecule has 7 rings (SSSR count). The maximum absolute atomic E-state index is 13.6. The molecule has 5 atom stereocenters. The van der Waals surface area contributed by atoms with Crippen molar-refractivity contribution < 1.29 is 23.9 Å². The van der Waals surface area contributed by atoms with Gasteiger partial charge in [-0.1, -0.05) is 51.3 Å². The van der Waals surface area contributed by atoms with Crippen molar-refractivity contribution in [3.05, 3.63) is 105 Å². The summed E-state index contributed by atoms with van der Waals surface area (Å²) >= 11 is 9.47. The molecule has 9 heteroatoms. The van der Waals surface area contributed by atoms with Crippen LogP contribution < -0.4 is 4.90 Å². The van der Waals surface area contributed by atoms with Crippen molar-refractivity contribution in [2.75, 3.05) is 4.90 Å². The number of pyridine rings is 1. The molecule has 226 valence electrons. The lowest BCUT2D eigenvalue weighted by Crippen LogP contribution is -2.32. The number of esters is 1. The zero-order valence-corrected chi connectivity index (χ0v) is 27.1. The van der Waals surface area contributed by atoms with Gasteiger partial charge in [-0.05, 0) is 99.2 Å². The Kier molecular flexibility index (Phi) is 7.25. The van der Waals surface area contributed by atoms with Gasteiger partial charge in [0.05, 0.1) is 34.3 Å². The number of imide groups is 1. The number of hydrogen-bond donors (Lipinski definition) is 0. The number of anilines is 1. The Balaban J connectivity index is 1.20. The fourth-order valence-corrected chi connectivity index (χ4v) is 7.91. The summed E-state index contributed by atoms with van der Waals surface area (Å²) in [5.41, 5.74) is 5.04. The first kappa shape index (κ1) is 29.6. The molecular formula is C36H28BrClN2O5. The number of halogens is 2. The van der Waals surface area contributed by atoms with Crippen LogP contribution in [0, 0.1) is 30.6 Å². The van der Waals surface area contributed by atoms with Gasteiger partial charge in [-0.3, -0.25) is 19.3 Å². The molecule has 1 saturated heterocycles. The number of Topliss-reactive ketones (excluding diaryl/α,β-unsaturated/α-hetero) is 1.